The fourth-order valence-corrected chi connectivity index (χ4v) is 10.1. The molecule has 730 valence electrons. The maximum Gasteiger partial charge on any atom is 0.109 e. The molecule has 0 aliphatic carbocycles. The summed E-state index contributed by atoms with van der Waals surface area (Å²) in [4.78, 5) is 5.56. The van der Waals surface area contributed by atoms with E-state index in [0.29, 0.717) is 112 Å². The number of nitrogens with zero attached hydrogens (tertiary/aromatic N) is 3. The molecule has 0 aliphatic heterocycles. The van der Waals surface area contributed by atoms with Crippen molar-refractivity contribution in [3.63, 3.8) is 0 Å². The minimum absolute atomic E-state index is 0.00768. The van der Waals surface area contributed by atoms with Gasteiger partial charge >= 0.3 is 0 Å². The lowest BCUT2D eigenvalue weighted by atomic mass is 9.84. The largest absolute Gasteiger partial charge is 0.396 e. The van der Waals surface area contributed by atoms with Gasteiger partial charge < -0.3 is 140 Å². The van der Waals surface area contributed by atoms with Gasteiger partial charge in [0.05, 0.1) is 152 Å². The molecule has 13 atom stereocenters. The van der Waals surface area contributed by atoms with E-state index < -0.39 is 78.8 Å². The lowest BCUT2D eigenvalue weighted by molar-refractivity contribution is -0.111. The Hall–Kier alpha value is -1.20. The molecule has 30 heteroatoms. The van der Waals surface area contributed by atoms with E-state index in [2.05, 4.69) is 93.3 Å². The van der Waals surface area contributed by atoms with Gasteiger partial charge in [0, 0.05) is 117 Å². The van der Waals surface area contributed by atoms with Crippen LogP contribution in [0.5, 0.6) is 0 Å². The van der Waals surface area contributed by atoms with Gasteiger partial charge in [0.1, 0.15) is 18.3 Å². The molecule has 0 aromatic rings. The monoisotopic (exact) mass is 1740 g/mol. The first-order valence-corrected chi connectivity index (χ1v) is 46.2. The van der Waals surface area contributed by atoms with E-state index in [1.165, 1.54) is 19.3 Å². The Morgan fingerprint density at radius 2 is 0.630 bits per heavy atom. The Labute approximate surface area is 726 Å². The van der Waals surface area contributed by atoms with Crippen LogP contribution in [0.15, 0.2) is 0 Å². The quantitative estimate of drug-likeness (QED) is 0.0266. The van der Waals surface area contributed by atoms with Crippen LogP contribution < -0.4 is 5.32 Å². The summed E-state index contributed by atoms with van der Waals surface area (Å²) in [5.74, 6) is 0. The molecule has 0 aromatic heterocycles. The van der Waals surface area contributed by atoms with Crippen LogP contribution >= 0.6 is 0 Å². The molecule has 0 aliphatic rings. The van der Waals surface area contributed by atoms with Crippen LogP contribution in [0, 0.1) is 5.41 Å². The number of aliphatic hydroxyl groups is 17. The minimum atomic E-state index is -1.43. The summed E-state index contributed by atoms with van der Waals surface area (Å²) in [5.41, 5.74) is -0.696. The fourth-order valence-electron chi connectivity index (χ4n) is 10.1. The van der Waals surface area contributed by atoms with E-state index >= 15 is 0 Å². The summed E-state index contributed by atoms with van der Waals surface area (Å²) in [6.07, 6.45) is 14.2. The zero-order valence-corrected chi connectivity index (χ0v) is 79.5. The third kappa shape index (κ3) is 98.8. The van der Waals surface area contributed by atoms with Gasteiger partial charge in [-0.1, -0.05) is 162 Å². The summed E-state index contributed by atoms with van der Waals surface area (Å²) in [6.45, 7) is 50.3. The highest BCUT2D eigenvalue weighted by atomic mass is 16.5. The number of likely N-dealkylation sites (N-methyl/N-ethyl adjacent to an activating group) is 1. The van der Waals surface area contributed by atoms with Gasteiger partial charge in [0.2, 0.25) is 0 Å². The normalized spacial score (nSPS) is 14.8. The molecule has 30 nitrogen and oxygen atoms in total. The molecule has 0 saturated heterocycles. The molecule has 0 fully saturated rings. The van der Waals surface area contributed by atoms with Crippen LogP contribution in [0.25, 0.3) is 0 Å². The van der Waals surface area contributed by atoms with Gasteiger partial charge in [-0.2, -0.15) is 0 Å². The number of ether oxygens (including phenoxy) is 9. The van der Waals surface area contributed by atoms with Gasteiger partial charge in [0.15, 0.2) is 0 Å². The Morgan fingerprint density at radius 1 is 0.294 bits per heavy atom. The Morgan fingerprint density at radius 3 is 0.958 bits per heavy atom. The van der Waals surface area contributed by atoms with Crippen molar-refractivity contribution in [2.45, 2.75) is 364 Å². The van der Waals surface area contributed by atoms with Crippen molar-refractivity contribution in [1.82, 2.24) is 20.0 Å². The van der Waals surface area contributed by atoms with Crippen LogP contribution in [0.3, 0.4) is 0 Å². The molecular formula is C89H198N4O26. The van der Waals surface area contributed by atoms with Crippen molar-refractivity contribution in [3.8, 4) is 0 Å². The van der Waals surface area contributed by atoms with Crippen molar-refractivity contribution >= 4 is 0 Å². The molecule has 0 heterocycles. The van der Waals surface area contributed by atoms with Crippen molar-refractivity contribution < 1.29 is 129 Å². The van der Waals surface area contributed by atoms with Crippen LogP contribution in [0.4, 0.5) is 0 Å². The predicted octanol–water partition coefficient (Wildman–Crippen LogP) is 7.27. The van der Waals surface area contributed by atoms with Gasteiger partial charge in [-0.05, 0) is 130 Å². The highest BCUT2D eigenvalue weighted by Gasteiger charge is 2.31. The highest BCUT2D eigenvalue weighted by molar-refractivity contribution is 4.86. The van der Waals surface area contributed by atoms with Crippen molar-refractivity contribution in [2.75, 3.05) is 211 Å². The second-order valence-electron chi connectivity index (χ2n) is 31.3. The van der Waals surface area contributed by atoms with E-state index in [4.69, 9.17) is 52.8 Å². The highest BCUT2D eigenvalue weighted by Crippen LogP contribution is 2.26. The molecule has 119 heavy (non-hydrogen) atoms. The zero-order valence-electron chi connectivity index (χ0n) is 79.5. The Balaban J connectivity index is -0.000000200. The van der Waals surface area contributed by atoms with E-state index in [-0.39, 0.29) is 83.9 Å². The molecule has 0 bridgehead atoms. The number of unbranched alkanes of at least 4 members (excludes halogenated alkanes) is 8. The number of hydrogen-bond donors (Lipinski definition) is 18. The minimum Gasteiger partial charge on any atom is -0.396 e. The molecule has 0 aromatic carbocycles. The van der Waals surface area contributed by atoms with Crippen LogP contribution in [-0.4, -0.2) is 398 Å². The fraction of sp³-hybridized carbons (Fsp3) is 1.00. The van der Waals surface area contributed by atoms with E-state index in [1.807, 2.05) is 25.7 Å². The second-order valence-corrected chi connectivity index (χ2v) is 31.3. The maximum atomic E-state index is 9.89. The number of hydrogen-bond acceptors (Lipinski definition) is 30. The maximum absolute atomic E-state index is 9.89. The van der Waals surface area contributed by atoms with Crippen molar-refractivity contribution in [2.24, 2.45) is 5.41 Å². The third-order valence-corrected chi connectivity index (χ3v) is 18.7. The third-order valence-electron chi connectivity index (χ3n) is 18.7. The summed E-state index contributed by atoms with van der Waals surface area (Å²) < 4.78 is 47.6. The molecule has 0 rings (SSSR count). The van der Waals surface area contributed by atoms with Gasteiger partial charge in [-0.25, -0.2) is 0 Å². The first kappa shape index (κ1) is 133. The predicted molar refractivity (Wildman–Crippen MR) is 480 cm³/mol. The van der Waals surface area contributed by atoms with Gasteiger partial charge in [0.25, 0.3) is 0 Å². The van der Waals surface area contributed by atoms with E-state index in [9.17, 15) is 76.6 Å². The van der Waals surface area contributed by atoms with Gasteiger partial charge in [-0.3, -0.25) is 9.80 Å². The Bertz CT molecular complexity index is 1800. The topological polar surface area (TPSA) is 449 Å². The molecule has 0 amide bonds. The van der Waals surface area contributed by atoms with E-state index in [0.717, 1.165) is 155 Å². The molecule has 0 saturated carbocycles. The van der Waals surface area contributed by atoms with Gasteiger partial charge in [-0.15, -0.1) is 0 Å². The van der Waals surface area contributed by atoms with E-state index in [1.54, 1.807) is 32.7 Å². The SMILES string of the molecule is CCCCOCC(CC)(CC)CO.CCCCOCC(O)CC.CCCCOCC(O)CN(C)CC(O)C(O)C(O)C(O)CC.CCCCOCC(O)CN(CC(C)O)CC(C)O.CCCCOCC(O)CN(CCC)CCO.CCCCOCC(O)CNC(CC)(CO)CO.CCCCOCC(O)COCC(O)CC.CCCCOCCC. The first-order chi connectivity index (χ1) is 56.8. The molecular weight excluding hydrogens is 1540 g/mol. The smallest absolute Gasteiger partial charge is 0.109 e. The number of nitrogens with one attached hydrogen (secondary N) is 1. The lowest BCUT2D eigenvalue weighted by Crippen LogP contribution is -2.53. The molecule has 18 N–H and O–H groups in total. The first-order valence-electron chi connectivity index (χ1n) is 46.2. The van der Waals surface area contributed by atoms with Crippen LogP contribution in [-0.2, 0) is 42.6 Å². The molecule has 0 radical (unpaired) electrons. The standard InChI is InChI=1S/C15H33NO6.C13H29NO4.C12H27NO4.C12H27NO3.C11H24O4.C11H24O2.C8H18O2.C7H16O/c1-4-6-7-22-10-11(17)8-16(3)9-13(19)15(21)14(20)12(18)5-2;1-4-5-6-18-10-13(17)9-14(7-11(2)15)8-12(3)16;1-3-5-6-17-8-11(16)7-13-12(4-2,9-14)10-15;1-3-5-9-16-11-12(15)10-13(6-4-2)7-8-14;1-3-5-6-14-8-11(13)9-15-7-10(12)4-2;1-4-7-8-13-10-11(5-2,6-3)9-12;1-3-5-6-10-7-8(9)4-2;1-3-5-7-8-6-4-2/h11-15,17-21H,4-10H2,1-3H3;11-13,15-17H,4-10H2,1-3H3;11,13-16H,3-10H2,1-2H3;12,14-15H,3-11H2,1-2H3;10-13H,3-9H2,1-2H3;12H,4-10H2,1-3H3;8-9H,3-7H2,1-2H3;3-7H2,1-2H3. The average molecular weight is 1740 g/mol. The van der Waals surface area contributed by atoms with Crippen LogP contribution in [0.1, 0.15) is 279 Å². The number of aliphatic hydroxyl groups excluding tert-OH is 17. The number of rotatable bonds is 75. The summed E-state index contributed by atoms with van der Waals surface area (Å²) in [7, 11) is 1.69. The Kier molecular flexibility index (Phi) is 114. The summed E-state index contributed by atoms with van der Waals surface area (Å²) in [6, 6.07) is 0. The zero-order chi connectivity index (χ0) is 92.2. The molecule has 13 unspecified atom stereocenters. The molecule has 0 spiro atoms. The summed E-state index contributed by atoms with van der Waals surface area (Å²) in [5, 5.41) is 164. The second kappa shape index (κ2) is 102. The summed E-state index contributed by atoms with van der Waals surface area (Å²) >= 11 is 0. The van der Waals surface area contributed by atoms with Crippen molar-refractivity contribution in [1.29, 1.82) is 0 Å². The lowest BCUT2D eigenvalue weighted by Gasteiger charge is -2.30. The van der Waals surface area contributed by atoms with Crippen LogP contribution in [0.2, 0.25) is 0 Å². The number of β-amino-alcohol motifs (C(OH)–C–C–N with tert-alkyl or cyclic N) is 1. The average Bonchev–Trinajstić information content (AvgIpc) is 0.909. The van der Waals surface area contributed by atoms with Crippen molar-refractivity contribution in [3.05, 3.63) is 0 Å².